The highest BCUT2D eigenvalue weighted by Crippen LogP contribution is 2.13. The third-order valence-electron chi connectivity index (χ3n) is 2.30. The second-order valence-corrected chi connectivity index (χ2v) is 3.99. The van der Waals surface area contributed by atoms with Crippen molar-refractivity contribution in [3.63, 3.8) is 0 Å². The highest BCUT2D eigenvalue weighted by molar-refractivity contribution is 6.19. The maximum atomic E-state index is 5.62. The monoisotopic (exact) mass is 238 g/mol. The second-order valence-electron chi connectivity index (χ2n) is 3.68. The van der Waals surface area contributed by atoms with Gasteiger partial charge in [-0.25, -0.2) is 0 Å². The average Bonchev–Trinajstić information content (AvgIpc) is 2.33. The van der Waals surface area contributed by atoms with E-state index in [4.69, 9.17) is 16.3 Å². The summed E-state index contributed by atoms with van der Waals surface area (Å²) in [6.45, 7) is 3.00. The summed E-state index contributed by atoms with van der Waals surface area (Å²) in [5.41, 5.74) is 1.15. The Balaban J connectivity index is 2.36. The van der Waals surface area contributed by atoms with Crippen LogP contribution in [0.5, 0.6) is 5.75 Å². The lowest BCUT2D eigenvalue weighted by Gasteiger charge is -2.05. The van der Waals surface area contributed by atoms with Crippen molar-refractivity contribution < 1.29 is 4.74 Å². The average molecular weight is 239 g/mol. The van der Waals surface area contributed by atoms with Gasteiger partial charge in [0.05, 0.1) is 6.61 Å². The van der Waals surface area contributed by atoms with Crippen molar-refractivity contribution in [2.24, 2.45) is 0 Å². The minimum atomic E-state index is 0.551. The van der Waals surface area contributed by atoms with E-state index in [0.717, 1.165) is 24.3 Å². The number of rotatable bonds is 7. The van der Waals surface area contributed by atoms with Crippen LogP contribution in [0.15, 0.2) is 30.3 Å². The summed E-state index contributed by atoms with van der Waals surface area (Å²) < 4.78 is 5.62. The highest BCUT2D eigenvalue weighted by Gasteiger charge is 1.93. The van der Waals surface area contributed by atoms with Crippen molar-refractivity contribution in [3.05, 3.63) is 35.9 Å². The number of hydrogen-bond acceptors (Lipinski definition) is 1. The molecular weight excluding hydrogens is 220 g/mol. The lowest BCUT2D eigenvalue weighted by atomic mass is 10.2. The first kappa shape index (κ1) is 13.1. The van der Waals surface area contributed by atoms with Crippen LogP contribution in [0.25, 0.3) is 6.08 Å². The van der Waals surface area contributed by atoms with Gasteiger partial charge in [-0.05, 0) is 24.1 Å². The summed E-state index contributed by atoms with van der Waals surface area (Å²) in [6, 6.07) is 8.08. The van der Waals surface area contributed by atoms with Crippen molar-refractivity contribution >= 4 is 17.7 Å². The molecule has 0 fully saturated rings. The number of unbranched alkanes of at least 4 members (excludes halogenated alkanes) is 2. The topological polar surface area (TPSA) is 9.23 Å². The van der Waals surface area contributed by atoms with E-state index < -0.39 is 0 Å². The quantitative estimate of drug-likeness (QED) is 0.502. The smallest absolute Gasteiger partial charge is 0.119 e. The van der Waals surface area contributed by atoms with Gasteiger partial charge in [0.2, 0.25) is 0 Å². The largest absolute Gasteiger partial charge is 0.494 e. The van der Waals surface area contributed by atoms with E-state index in [0.29, 0.717) is 5.88 Å². The van der Waals surface area contributed by atoms with Crippen LogP contribution in [-0.2, 0) is 0 Å². The predicted octanol–water partition coefficient (Wildman–Crippen LogP) is 4.51. The minimum Gasteiger partial charge on any atom is -0.494 e. The fraction of sp³-hybridized carbons (Fsp3) is 0.429. The molecule has 0 aliphatic carbocycles. The number of halogens is 1. The van der Waals surface area contributed by atoms with Crippen LogP contribution < -0.4 is 4.74 Å². The van der Waals surface area contributed by atoms with E-state index >= 15 is 0 Å². The molecule has 0 unspecified atom stereocenters. The van der Waals surface area contributed by atoms with E-state index in [2.05, 4.69) is 6.92 Å². The zero-order valence-electron chi connectivity index (χ0n) is 9.79. The first-order valence-corrected chi connectivity index (χ1v) is 6.35. The standard InChI is InChI=1S/C14H19ClO/c1-2-3-4-12-16-14-9-7-13(8-10-14)6-5-11-15/h5-10H,2-4,11-12H2,1H3. The second kappa shape index (κ2) is 8.23. The zero-order chi connectivity index (χ0) is 11.6. The van der Waals surface area contributed by atoms with Gasteiger partial charge >= 0.3 is 0 Å². The maximum absolute atomic E-state index is 5.62. The molecule has 88 valence electrons. The summed E-state index contributed by atoms with van der Waals surface area (Å²) in [7, 11) is 0. The van der Waals surface area contributed by atoms with E-state index in [1.54, 1.807) is 0 Å². The summed E-state index contributed by atoms with van der Waals surface area (Å²) in [5, 5.41) is 0. The van der Waals surface area contributed by atoms with Gasteiger partial charge in [-0.1, -0.05) is 44.1 Å². The van der Waals surface area contributed by atoms with Crippen molar-refractivity contribution in [2.75, 3.05) is 12.5 Å². The third-order valence-corrected chi connectivity index (χ3v) is 2.47. The third kappa shape index (κ3) is 5.22. The van der Waals surface area contributed by atoms with Gasteiger partial charge in [0.1, 0.15) is 5.75 Å². The molecule has 1 nitrogen and oxygen atoms in total. The Bertz CT molecular complexity index is 303. The fourth-order valence-corrected chi connectivity index (χ4v) is 1.49. The lowest BCUT2D eigenvalue weighted by molar-refractivity contribution is 0.306. The Morgan fingerprint density at radius 1 is 1.19 bits per heavy atom. The summed E-state index contributed by atoms with van der Waals surface area (Å²) in [6.07, 6.45) is 7.53. The van der Waals surface area contributed by atoms with Gasteiger partial charge in [-0.3, -0.25) is 0 Å². The van der Waals surface area contributed by atoms with Crippen molar-refractivity contribution in [1.29, 1.82) is 0 Å². The van der Waals surface area contributed by atoms with Crippen LogP contribution in [0.3, 0.4) is 0 Å². The van der Waals surface area contributed by atoms with Crippen LogP contribution in [0, 0.1) is 0 Å². The highest BCUT2D eigenvalue weighted by atomic mass is 35.5. The number of hydrogen-bond donors (Lipinski definition) is 0. The SMILES string of the molecule is CCCCCOc1ccc(C=CCCl)cc1. The molecule has 0 N–H and O–H groups in total. The fourth-order valence-electron chi connectivity index (χ4n) is 1.40. The minimum absolute atomic E-state index is 0.551. The predicted molar refractivity (Wildman–Crippen MR) is 71.2 cm³/mol. The molecule has 0 spiro atoms. The van der Waals surface area contributed by atoms with Crippen LogP contribution in [0.1, 0.15) is 31.7 Å². The van der Waals surface area contributed by atoms with Crippen molar-refractivity contribution in [2.45, 2.75) is 26.2 Å². The first-order chi connectivity index (χ1) is 7.86. The van der Waals surface area contributed by atoms with Gasteiger partial charge in [0, 0.05) is 5.88 Å². The van der Waals surface area contributed by atoms with E-state index in [1.807, 2.05) is 36.4 Å². The number of ether oxygens (including phenoxy) is 1. The van der Waals surface area contributed by atoms with E-state index in [9.17, 15) is 0 Å². The number of alkyl halides is 1. The normalized spacial score (nSPS) is 10.9. The maximum Gasteiger partial charge on any atom is 0.119 e. The molecule has 0 saturated heterocycles. The van der Waals surface area contributed by atoms with E-state index in [1.165, 1.54) is 12.8 Å². The van der Waals surface area contributed by atoms with Gasteiger partial charge in [-0.2, -0.15) is 0 Å². The van der Waals surface area contributed by atoms with E-state index in [-0.39, 0.29) is 0 Å². The molecule has 0 saturated carbocycles. The Labute approximate surface area is 103 Å². The van der Waals surface area contributed by atoms with Crippen molar-refractivity contribution in [1.82, 2.24) is 0 Å². The lowest BCUT2D eigenvalue weighted by Crippen LogP contribution is -1.96. The summed E-state index contributed by atoms with van der Waals surface area (Å²) >= 11 is 5.57. The number of allylic oxidation sites excluding steroid dienone is 1. The van der Waals surface area contributed by atoms with Gasteiger partial charge in [0.15, 0.2) is 0 Å². The van der Waals surface area contributed by atoms with Crippen molar-refractivity contribution in [3.8, 4) is 5.75 Å². The molecule has 0 amide bonds. The molecule has 0 bridgehead atoms. The Hall–Kier alpha value is -0.950. The molecular formula is C14H19ClO. The molecule has 0 heterocycles. The van der Waals surface area contributed by atoms with Gasteiger partial charge in [-0.15, -0.1) is 11.6 Å². The Kier molecular flexibility index (Phi) is 6.75. The van der Waals surface area contributed by atoms with Crippen LogP contribution in [0.2, 0.25) is 0 Å². The molecule has 0 radical (unpaired) electrons. The molecule has 1 aromatic carbocycles. The molecule has 1 aromatic rings. The molecule has 2 heteroatoms. The van der Waals surface area contributed by atoms with Crippen LogP contribution in [0.4, 0.5) is 0 Å². The van der Waals surface area contributed by atoms with Gasteiger partial charge in [0.25, 0.3) is 0 Å². The molecule has 16 heavy (non-hydrogen) atoms. The first-order valence-electron chi connectivity index (χ1n) is 5.82. The summed E-state index contributed by atoms with van der Waals surface area (Å²) in [5.74, 6) is 1.49. The number of benzene rings is 1. The Morgan fingerprint density at radius 2 is 1.94 bits per heavy atom. The van der Waals surface area contributed by atoms with Crippen LogP contribution in [-0.4, -0.2) is 12.5 Å². The molecule has 0 aromatic heterocycles. The zero-order valence-corrected chi connectivity index (χ0v) is 10.5. The summed E-state index contributed by atoms with van der Waals surface area (Å²) in [4.78, 5) is 0. The molecule has 0 aliphatic heterocycles. The molecule has 0 atom stereocenters. The van der Waals surface area contributed by atoms with Crippen LogP contribution >= 0.6 is 11.6 Å². The molecule has 1 rings (SSSR count). The Morgan fingerprint density at radius 3 is 2.56 bits per heavy atom. The van der Waals surface area contributed by atoms with Gasteiger partial charge < -0.3 is 4.74 Å². The molecule has 0 aliphatic rings.